The van der Waals surface area contributed by atoms with Gasteiger partial charge in [-0.15, -0.1) is 9.24 Å². The van der Waals surface area contributed by atoms with Crippen LogP contribution in [0.2, 0.25) is 0 Å². The molecule has 0 aromatic carbocycles. The second-order valence-electron chi connectivity index (χ2n) is 4.93. The maximum Gasteiger partial charge on any atom is 0.0253 e. The van der Waals surface area contributed by atoms with Crippen molar-refractivity contribution in [2.75, 3.05) is 13.1 Å². The van der Waals surface area contributed by atoms with E-state index < -0.39 is 0 Å². The number of rotatable bonds is 4. The number of likely N-dealkylation sites (tertiary alicyclic amines) is 1. The molecular weight excluding hydrogens is 213 g/mol. The summed E-state index contributed by atoms with van der Waals surface area (Å²) in [5, 5.41) is 1.31. The van der Waals surface area contributed by atoms with Gasteiger partial charge in [-0.05, 0) is 50.5 Å². The van der Waals surface area contributed by atoms with E-state index in [0.29, 0.717) is 6.04 Å². The van der Waals surface area contributed by atoms with Crippen LogP contribution in [0.25, 0.3) is 0 Å². The summed E-state index contributed by atoms with van der Waals surface area (Å²) in [5.41, 5.74) is 0. The van der Waals surface area contributed by atoms with E-state index >= 15 is 0 Å². The van der Waals surface area contributed by atoms with Gasteiger partial charge < -0.3 is 0 Å². The second kappa shape index (κ2) is 7.25. The average molecular weight is 239 g/mol. The lowest BCUT2D eigenvalue weighted by Gasteiger charge is -2.33. The van der Waals surface area contributed by atoms with Crippen molar-refractivity contribution < 1.29 is 0 Å². The van der Waals surface area contributed by atoms with Gasteiger partial charge >= 0.3 is 0 Å². The standard InChI is InChI=1S/C14H26NP/c1-4-5-14(16)7-6-13(3)15-10-8-12(2)9-11-15/h5-7,12-13H,4,8-11,16H2,1-3H3/b7-6-,14-5+. The third kappa shape index (κ3) is 4.80. The zero-order valence-electron chi connectivity index (χ0n) is 10.9. The highest BCUT2D eigenvalue weighted by Gasteiger charge is 2.18. The topological polar surface area (TPSA) is 3.24 Å². The van der Waals surface area contributed by atoms with Gasteiger partial charge in [-0.2, -0.15) is 0 Å². The van der Waals surface area contributed by atoms with Crippen molar-refractivity contribution in [3.8, 4) is 0 Å². The third-order valence-electron chi connectivity index (χ3n) is 3.40. The Morgan fingerprint density at radius 1 is 1.44 bits per heavy atom. The average Bonchev–Trinajstić information content (AvgIpc) is 2.27. The van der Waals surface area contributed by atoms with Crippen LogP contribution in [0.1, 0.15) is 40.0 Å². The van der Waals surface area contributed by atoms with Crippen molar-refractivity contribution in [1.29, 1.82) is 0 Å². The molecule has 0 N–H and O–H groups in total. The molecule has 92 valence electrons. The molecule has 1 aliphatic rings. The number of piperidine rings is 1. The summed E-state index contributed by atoms with van der Waals surface area (Å²) in [7, 11) is 2.79. The van der Waals surface area contributed by atoms with Crippen molar-refractivity contribution in [2.45, 2.75) is 46.1 Å². The molecule has 0 saturated carbocycles. The summed E-state index contributed by atoms with van der Waals surface area (Å²) in [6, 6.07) is 0.577. The third-order valence-corrected chi connectivity index (χ3v) is 3.83. The molecule has 1 heterocycles. The molecule has 0 aliphatic carbocycles. The quantitative estimate of drug-likeness (QED) is 0.532. The first kappa shape index (κ1) is 13.9. The van der Waals surface area contributed by atoms with Crippen molar-refractivity contribution in [2.24, 2.45) is 5.92 Å². The van der Waals surface area contributed by atoms with Gasteiger partial charge in [0.2, 0.25) is 0 Å². The predicted octanol–water partition coefficient (Wildman–Crippen LogP) is 3.83. The molecule has 2 atom stereocenters. The van der Waals surface area contributed by atoms with Gasteiger partial charge in [0.1, 0.15) is 0 Å². The van der Waals surface area contributed by atoms with E-state index in [1.165, 1.54) is 31.2 Å². The van der Waals surface area contributed by atoms with E-state index in [1.807, 2.05) is 0 Å². The van der Waals surface area contributed by atoms with Gasteiger partial charge in [-0.1, -0.05) is 32.1 Å². The summed E-state index contributed by atoms with van der Waals surface area (Å²) in [6.07, 6.45) is 10.6. The Morgan fingerprint density at radius 2 is 2.06 bits per heavy atom. The monoisotopic (exact) mass is 239 g/mol. The number of hydrogen-bond acceptors (Lipinski definition) is 1. The molecule has 16 heavy (non-hydrogen) atoms. The Labute approximate surface area is 103 Å². The lowest BCUT2D eigenvalue weighted by atomic mass is 9.98. The summed E-state index contributed by atoms with van der Waals surface area (Å²) >= 11 is 0. The normalized spacial score (nSPS) is 22.9. The molecule has 1 saturated heterocycles. The molecule has 0 amide bonds. The van der Waals surface area contributed by atoms with Crippen LogP contribution < -0.4 is 0 Å². The van der Waals surface area contributed by atoms with Crippen LogP contribution in [0.5, 0.6) is 0 Å². The Kier molecular flexibility index (Phi) is 6.31. The largest absolute Gasteiger partial charge is 0.297 e. The Hall–Kier alpha value is -0.130. The molecular formula is C14H26NP. The maximum absolute atomic E-state index is 2.79. The molecule has 0 bridgehead atoms. The minimum atomic E-state index is 0.577. The summed E-state index contributed by atoms with van der Waals surface area (Å²) in [4.78, 5) is 2.58. The van der Waals surface area contributed by atoms with Crippen molar-refractivity contribution in [1.82, 2.24) is 4.90 Å². The van der Waals surface area contributed by atoms with Crippen LogP contribution in [0.4, 0.5) is 0 Å². The van der Waals surface area contributed by atoms with Gasteiger partial charge in [0.15, 0.2) is 0 Å². The molecule has 0 spiro atoms. The molecule has 1 rings (SSSR count). The van der Waals surface area contributed by atoms with E-state index in [1.54, 1.807) is 0 Å². The van der Waals surface area contributed by atoms with Crippen molar-refractivity contribution in [3.63, 3.8) is 0 Å². The molecule has 0 aromatic heterocycles. The first-order valence-electron chi connectivity index (χ1n) is 6.51. The van der Waals surface area contributed by atoms with Crippen molar-refractivity contribution >= 4 is 9.24 Å². The lowest BCUT2D eigenvalue weighted by Crippen LogP contribution is -2.38. The van der Waals surface area contributed by atoms with Crippen LogP contribution >= 0.6 is 9.24 Å². The van der Waals surface area contributed by atoms with Crippen LogP contribution in [-0.4, -0.2) is 24.0 Å². The summed E-state index contributed by atoms with van der Waals surface area (Å²) in [5.74, 6) is 0.921. The molecule has 2 heteroatoms. The van der Waals surface area contributed by atoms with E-state index in [0.717, 1.165) is 12.3 Å². The number of hydrogen-bond donors (Lipinski definition) is 0. The first-order valence-corrected chi connectivity index (χ1v) is 7.09. The summed E-state index contributed by atoms with van der Waals surface area (Å²) in [6.45, 7) is 9.36. The first-order chi connectivity index (χ1) is 7.63. The molecule has 0 radical (unpaired) electrons. The highest BCUT2D eigenvalue weighted by molar-refractivity contribution is 7.22. The van der Waals surface area contributed by atoms with E-state index in [2.05, 4.69) is 53.1 Å². The minimum Gasteiger partial charge on any atom is -0.297 e. The molecule has 1 nitrogen and oxygen atoms in total. The van der Waals surface area contributed by atoms with Gasteiger partial charge in [0.25, 0.3) is 0 Å². The molecule has 1 fully saturated rings. The van der Waals surface area contributed by atoms with E-state index in [9.17, 15) is 0 Å². The fourth-order valence-electron chi connectivity index (χ4n) is 2.11. The van der Waals surface area contributed by atoms with Gasteiger partial charge in [-0.3, -0.25) is 4.90 Å². The lowest BCUT2D eigenvalue weighted by molar-refractivity contribution is 0.169. The fourth-order valence-corrected chi connectivity index (χ4v) is 2.46. The fraction of sp³-hybridized carbons (Fsp3) is 0.714. The van der Waals surface area contributed by atoms with Crippen LogP contribution in [0.3, 0.4) is 0 Å². The van der Waals surface area contributed by atoms with E-state index in [-0.39, 0.29) is 0 Å². The SMILES string of the molecule is CC/C=C(P)\C=C/C(C)N1CCC(C)CC1. The second-order valence-corrected chi connectivity index (χ2v) is 5.60. The van der Waals surface area contributed by atoms with E-state index in [4.69, 9.17) is 0 Å². The highest BCUT2D eigenvalue weighted by atomic mass is 31.0. The number of allylic oxidation sites excluding steroid dienone is 3. The Bertz CT molecular complexity index is 249. The van der Waals surface area contributed by atoms with Crippen LogP contribution in [0.15, 0.2) is 23.5 Å². The Morgan fingerprint density at radius 3 is 2.62 bits per heavy atom. The predicted molar refractivity (Wildman–Crippen MR) is 76.7 cm³/mol. The van der Waals surface area contributed by atoms with Crippen molar-refractivity contribution in [3.05, 3.63) is 23.5 Å². The maximum atomic E-state index is 2.79. The van der Waals surface area contributed by atoms with Crippen LogP contribution in [0, 0.1) is 5.92 Å². The van der Waals surface area contributed by atoms with Crippen LogP contribution in [-0.2, 0) is 0 Å². The zero-order valence-corrected chi connectivity index (χ0v) is 12.1. The Balaban J connectivity index is 2.40. The van der Waals surface area contributed by atoms with Gasteiger partial charge in [0.05, 0.1) is 0 Å². The smallest absolute Gasteiger partial charge is 0.0253 e. The van der Waals surface area contributed by atoms with Gasteiger partial charge in [0, 0.05) is 6.04 Å². The zero-order chi connectivity index (χ0) is 12.0. The molecule has 0 aromatic rings. The van der Waals surface area contributed by atoms with Gasteiger partial charge in [-0.25, -0.2) is 0 Å². The number of nitrogens with zero attached hydrogens (tertiary/aromatic N) is 1. The molecule has 2 unspecified atom stereocenters. The summed E-state index contributed by atoms with van der Waals surface area (Å²) < 4.78 is 0. The minimum absolute atomic E-state index is 0.577. The highest BCUT2D eigenvalue weighted by Crippen LogP contribution is 2.19. The molecule has 1 aliphatic heterocycles.